The Bertz CT molecular complexity index is 1500. The molecule has 3 heterocycles. The van der Waals surface area contributed by atoms with E-state index < -0.39 is 34.5 Å². The highest BCUT2D eigenvalue weighted by Gasteiger charge is 2.48. The van der Waals surface area contributed by atoms with Gasteiger partial charge in [-0.25, -0.2) is 23.7 Å². The molecule has 0 saturated heterocycles. The van der Waals surface area contributed by atoms with Gasteiger partial charge in [0.2, 0.25) is 0 Å². The summed E-state index contributed by atoms with van der Waals surface area (Å²) < 4.78 is 61.6. The maximum Gasteiger partial charge on any atom is 0.332 e. The summed E-state index contributed by atoms with van der Waals surface area (Å²) >= 11 is 0. The molecule has 1 unspecified atom stereocenters. The van der Waals surface area contributed by atoms with Gasteiger partial charge in [-0.2, -0.15) is 8.78 Å². The van der Waals surface area contributed by atoms with Crippen LogP contribution in [0, 0.1) is 11.6 Å². The van der Waals surface area contributed by atoms with E-state index in [4.69, 9.17) is 5.73 Å². The summed E-state index contributed by atoms with van der Waals surface area (Å²) in [4.78, 5) is 16.1. The smallest absolute Gasteiger partial charge is 0.332 e. The van der Waals surface area contributed by atoms with Crippen LogP contribution in [0.4, 0.5) is 17.6 Å². The molecule has 5 nitrogen and oxygen atoms in total. The van der Waals surface area contributed by atoms with Crippen molar-refractivity contribution >= 4 is 5.84 Å². The number of nitrogens with zero attached hydrogens (tertiary/aromatic N) is 4. The highest BCUT2D eigenvalue weighted by atomic mass is 19.3. The first-order valence-electron chi connectivity index (χ1n) is 9.94. The van der Waals surface area contributed by atoms with E-state index in [-0.39, 0.29) is 39.2 Å². The van der Waals surface area contributed by atoms with Crippen LogP contribution in [0.25, 0.3) is 11.1 Å². The second-order valence-corrected chi connectivity index (χ2v) is 7.85. The molecular weight excluding hydrogens is 434 g/mol. The first-order chi connectivity index (χ1) is 15.8. The average Bonchev–Trinajstić information content (AvgIpc) is 3.13. The average molecular weight is 447 g/mol. The van der Waals surface area contributed by atoms with Gasteiger partial charge in [-0.15, -0.1) is 0 Å². The molecule has 2 aromatic heterocycles. The van der Waals surface area contributed by atoms with Gasteiger partial charge < -0.3 is 5.73 Å². The number of hydrogen-bond acceptors (Lipinski definition) is 5. The number of rotatable bonds is 0. The summed E-state index contributed by atoms with van der Waals surface area (Å²) in [6.45, 7) is 0. The van der Waals surface area contributed by atoms with Crippen molar-refractivity contribution in [3.05, 3.63) is 113 Å². The minimum absolute atomic E-state index is 0.00761. The zero-order valence-electron chi connectivity index (χ0n) is 16.7. The SMILES string of the molecule is NC1=NC2(c3ccnc(c3)C(F)(F)c3ncncc3-c3ccc(F)c2c3)c2cccc(F)c21. The number of aromatic nitrogens is 3. The lowest BCUT2D eigenvalue weighted by atomic mass is 9.76. The van der Waals surface area contributed by atoms with Crippen LogP contribution >= 0.6 is 0 Å². The number of benzene rings is 2. The van der Waals surface area contributed by atoms with Crippen molar-refractivity contribution in [2.24, 2.45) is 10.7 Å². The summed E-state index contributed by atoms with van der Waals surface area (Å²) in [7, 11) is 0. The fraction of sp³-hybridized carbons (Fsp3) is 0.0833. The molecule has 1 aliphatic carbocycles. The van der Waals surface area contributed by atoms with Gasteiger partial charge in [-0.1, -0.05) is 18.2 Å². The molecule has 33 heavy (non-hydrogen) atoms. The number of nitrogens with two attached hydrogens (primary N) is 1. The highest BCUT2D eigenvalue weighted by molar-refractivity contribution is 6.03. The van der Waals surface area contributed by atoms with Gasteiger partial charge in [0.05, 0.1) is 5.56 Å². The molecule has 6 rings (SSSR count). The topological polar surface area (TPSA) is 77.0 Å². The van der Waals surface area contributed by atoms with Crippen LogP contribution in [0.1, 0.15) is 33.6 Å². The summed E-state index contributed by atoms with van der Waals surface area (Å²) in [5.74, 6) is -5.05. The molecule has 4 aromatic rings. The molecule has 0 fully saturated rings. The van der Waals surface area contributed by atoms with Crippen molar-refractivity contribution in [3.8, 4) is 11.1 Å². The highest BCUT2D eigenvalue weighted by Crippen LogP contribution is 2.50. The Labute approximate surface area is 184 Å². The Morgan fingerprint density at radius 1 is 0.879 bits per heavy atom. The fourth-order valence-electron chi connectivity index (χ4n) is 4.67. The molecule has 4 bridgehead atoms. The number of fused-ring (bicyclic) bond motifs is 10. The predicted octanol–water partition coefficient (Wildman–Crippen LogP) is 4.28. The van der Waals surface area contributed by atoms with Crippen molar-refractivity contribution in [3.63, 3.8) is 0 Å². The van der Waals surface area contributed by atoms with Crippen molar-refractivity contribution in [1.82, 2.24) is 15.0 Å². The van der Waals surface area contributed by atoms with Crippen LogP contribution in [-0.4, -0.2) is 20.8 Å². The van der Waals surface area contributed by atoms with E-state index >= 15 is 13.2 Å². The van der Waals surface area contributed by atoms with Crippen LogP contribution in [0.2, 0.25) is 0 Å². The number of aliphatic imine (C=N–C) groups is 1. The van der Waals surface area contributed by atoms with E-state index in [0.717, 1.165) is 18.5 Å². The second kappa shape index (κ2) is 6.44. The van der Waals surface area contributed by atoms with Gasteiger partial charge in [-0.3, -0.25) is 4.98 Å². The molecule has 0 saturated carbocycles. The maximum atomic E-state index is 15.7. The summed E-state index contributed by atoms with van der Waals surface area (Å²) in [5.41, 5.74) is 3.98. The second-order valence-electron chi connectivity index (χ2n) is 7.85. The molecule has 0 radical (unpaired) electrons. The molecule has 1 aliphatic heterocycles. The van der Waals surface area contributed by atoms with Gasteiger partial charge in [0.25, 0.3) is 0 Å². The number of alkyl halides is 2. The van der Waals surface area contributed by atoms with E-state index in [9.17, 15) is 4.39 Å². The Morgan fingerprint density at radius 2 is 1.73 bits per heavy atom. The van der Waals surface area contributed by atoms with Gasteiger partial charge in [0, 0.05) is 29.1 Å². The Hall–Kier alpha value is -4.14. The summed E-state index contributed by atoms with van der Waals surface area (Å²) in [6, 6.07) is 10.8. The van der Waals surface area contributed by atoms with Gasteiger partial charge in [-0.05, 0) is 41.5 Å². The van der Waals surface area contributed by atoms with E-state index in [1.165, 1.54) is 42.7 Å². The number of amidine groups is 1. The molecular formula is C24H13F4N5. The molecule has 9 heteroatoms. The predicted molar refractivity (Wildman–Crippen MR) is 112 cm³/mol. The number of hydrogen-bond donors (Lipinski definition) is 1. The molecule has 1 atom stereocenters. The lowest BCUT2D eigenvalue weighted by molar-refractivity contribution is 0.0336. The normalized spacial score (nSPS) is 19.6. The van der Waals surface area contributed by atoms with Crippen LogP contribution in [0.5, 0.6) is 0 Å². The minimum Gasteiger partial charge on any atom is -0.383 e. The van der Waals surface area contributed by atoms with E-state index in [0.29, 0.717) is 0 Å². The first-order valence-corrected chi connectivity index (χ1v) is 9.94. The van der Waals surface area contributed by atoms with E-state index in [1.54, 1.807) is 6.07 Å². The third-order valence-electron chi connectivity index (χ3n) is 6.12. The van der Waals surface area contributed by atoms with E-state index in [1.807, 2.05) is 0 Å². The number of pyridine rings is 1. The third kappa shape index (κ3) is 2.47. The molecule has 0 amide bonds. The lowest BCUT2D eigenvalue weighted by Crippen LogP contribution is -2.29. The maximum absolute atomic E-state index is 15.7. The monoisotopic (exact) mass is 447 g/mol. The largest absolute Gasteiger partial charge is 0.383 e. The van der Waals surface area contributed by atoms with Gasteiger partial charge >= 0.3 is 5.92 Å². The first kappa shape index (κ1) is 19.5. The Kier molecular flexibility index (Phi) is 3.81. The van der Waals surface area contributed by atoms with Crippen LogP contribution in [0.15, 0.2) is 72.2 Å². The molecule has 2 N–H and O–H groups in total. The molecule has 2 aliphatic rings. The van der Waals surface area contributed by atoms with Crippen molar-refractivity contribution < 1.29 is 17.6 Å². The molecule has 1 spiro atoms. The zero-order chi connectivity index (χ0) is 23.0. The summed E-state index contributed by atoms with van der Waals surface area (Å²) in [5, 5.41) is 0. The van der Waals surface area contributed by atoms with Crippen LogP contribution in [-0.2, 0) is 11.5 Å². The standard InChI is InChI=1S/C24H13F4N5/c25-17-5-4-12-8-16(17)23(15-2-1-3-18(26)20(15)22(29)33-23)13-6-7-31-19(9-13)24(27,28)21-14(12)10-30-11-32-21/h1-11H,(H2,29,33). The number of halogens is 4. The summed E-state index contributed by atoms with van der Waals surface area (Å²) in [6.07, 6.45) is 3.45. The zero-order valence-corrected chi connectivity index (χ0v) is 16.7. The van der Waals surface area contributed by atoms with Gasteiger partial charge in [0.1, 0.15) is 40.7 Å². The quantitative estimate of drug-likeness (QED) is 0.408. The van der Waals surface area contributed by atoms with Crippen molar-refractivity contribution in [2.75, 3.05) is 0 Å². The van der Waals surface area contributed by atoms with Crippen LogP contribution < -0.4 is 5.73 Å². The minimum atomic E-state index is -3.60. The Balaban J connectivity index is 1.83. The third-order valence-corrected chi connectivity index (χ3v) is 6.12. The van der Waals surface area contributed by atoms with E-state index in [2.05, 4.69) is 19.9 Å². The van der Waals surface area contributed by atoms with Crippen molar-refractivity contribution in [1.29, 1.82) is 0 Å². The Morgan fingerprint density at radius 3 is 2.58 bits per heavy atom. The fourth-order valence-corrected chi connectivity index (χ4v) is 4.67. The molecule has 162 valence electrons. The van der Waals surface area contributed by atoms with Crippen molar-refractivity contribution in [2.45, 2.75) is 11.5 Å². The van der Waals surface area contributed by atoms with Crippen LogP contribution in [0.3, 0.4) is 0 Å². The van der Waals surface area contributed by atoms with Gasteiger partial charge in [0.15, 0.2) is 0 Å². The lowest BCUT2D eigenvalue weighted by Gasteiger charge is -2.31. The molecule has 2 aromatic carbocycles.